The third-order valence-electron chi connectivity index (χ3n) is 1.35. The smallest absolute Gasteiger partial charge is 0.320 e. The number of nitrogens with two attached hydrogens (primary N) is 1. The van der Waals surface area contributed by atoms with Gasteiger partial charge in [-0.15, -0.1) is 0 Å². The van der Waals surface area contributed by atoms with E-state index >= 15 is 0 Å². The van der Waals surface area contributed by atoms with Gasteiger partial charge in [0, 0.05) is 0 Å². The number of hydrogen-bond donors (Lipinski definition) is 2. The van der Waals surface area contributed by atoms with Crippen LogP contribution in [0.25, 0.3) is 0 Å². The summed E-state index contributed by atoms with van der Waals surface area (Å²) in [4.78, 5) is 13.6. The largest absolute Gasteiger partial charge is 0.480 e. The average molecular weight is 186 g/mol. The van der Waals surface area contributed by atoms with Gasteiger partial charge in [0.15, 0.2) is 6.39 Å². The second-order valence-corrected chi connectivity index (χ2v) is 2.78. The molecular weight excluding hydrogens is 172 g/mol. The van der Waals surface area contributed by atoms with Gasteiger partial charge >= 0.3 is 5.97 Å². The van der Waals surface area contributed by atoms with Crippen LogP contribution < -0.4 is 5.73 Å². The molecular formula is C8H14N2O3. The SMILES string of the molecule is CC(C)C(N)C(=O)O.c1cocn1. The average Bonchev–Trinajstić information content (AvgIpc) is 2.59. The fraction of sp³-hybridized carbons (Fsp3) is 0.500. The molecule has 0 aliphatic carbocycles. The monoisotopic (exact) mass is 186 g/mol. The van der Waals surface area contributed by atoms with Crippen molar-refractivity contribution in [2.45, 2.75) is 19.9 Å². The summed E-state index contributed by atoms with van der Waals surface area (Å²) in [5.74, 6) is -0.910. The van der Waals surface area contributed by atoms with Gasteiger partial charge in [-0.05, 0) is 5.92 Å². The highest BCUT2D eigenvalue weighted by atomic mass is 16.4. The predicted octanol–water partition coefficient (Wildman–Crippen LogP) is 0.729. The van der Waals surface area contributed by atoms with Gasteiger partial charge < -0.3 is 15.3 Å². The molecule has 0 saturated carbocycles. The van der Waals surface area contributed by atoms with Gasteiger partial charge in [-0.1, -0.05) is 13.8 Å². The van der Waals surface area contributed by atoms with Crippen LogP contribution >= 0.6 is 0 Å². The lowest BCUT2D eigenvalue weighted by Crippen LogP contribution is -2.34. The van der Waals surface area contributed by atoms with Crippen molar-refractivity contribution in [1.29, 1.82) is 0 Å². The molecule has 74 valence electrons. The number of nitrogens with zero attached hydrogens (tertiary/aromatic N) is 1. The molecule has 0 radical (unpaired) electrons. The minimum atomic E-state index is -0.931. The summed E-state index contributed by atoms with van der Waals surface area (Å²) in [6, 6.07) is -0.713. The first-order valence-corrected chi connectivity index (χ1v) is 3.86. The fourth-order valence-electron chi connectivity index (χ4n) is 0.461. The molecule has 0 aliphatic rings. The minimum Gasteiger partial charge on any atom is -0.480 e. The second kappa shape index (κ2) is 6.19. The Bertz CT molecular complexity index is 204. The zero-order valence-electron chi connectivity index (χ0n) is 7.68. The van der Waals surface area contributed by atoms with E-state index in [9.17, 15) is 4.79 Å². The lowest BCUT2D eigenvalue weighted by Gasteiger charge is -2.07. The third-order valence-corrected chi connectivity index (χ3v) is 1.35. The van der Waals surface area contributed by atoms with Crippen LogP contribution in [0.4, 0.5) is 0 Å². The van der Waals surface area contributed by atoms with Crippen LogP contribution in [0.5, 0.6) is 0 Å². The summed E-state index contributed by atoms with van der Waals surface area (Å²) in [6.45, 7) is 3.55. The first kappa shape index (κ1) is 11.6. The molecule has 0 aromatic carbocycles. The standard InChI is InChI=1S/C5H11NO2.C3H3NO/c1-3(2)4(6)5(7)8;1-2-5-3-4-1/h3-4H,6H2,1-2H3,(H,7,8);1-3H. The van der Waals surface area contributed by atoms with Crippen molar-refractivity contribution in [2.24, 2.45) is 11.7 Å². The molecule has 0 spiro atoms. The fourth-order valence-corrected chi connectivity index (χ4v) is 0.461. The molecule has 13 heavy (non-hydrogen) atoms. The second-order valence-electron chi connectivity index (χ2n) is 2.78. The van der Waals surface area contributed by atoms with Crippen molar-refractivity contribution in [2.75, 3.05) is 0 Å². The zero-order chi connectivity index (χ0) is 10.3. The van der Waals surface area contributed by atoms with Crippen molar-refractivity contribution in [3.63, 3.8) is 0 Å². The summed E-state index contributed by atoms with van der Waals surface area (Å²) >= 11 is 0. The van der Waals surface area contributed by atoms with E-state index in [4.69, 9.17) is 10.8 Å². The highest BCUT2D eigenvalue weighted by Crippen LogP contribution is 1.96. The Labute approximate surface area is 76.6 Å². The van der Waals surface area contributed by atoms with Crippen LogP contribution in [0.1, 0.15) is 13.8 Å². The molecule has 0 saturated heterocycles. The van der Waals surface area contributed by atoms with Gasteiger partial charge in [0.25, 0.3) is 0 Å². The number of carboxylic acid groups (broad SMARTS) is 1. The van der Waals surface area contributed by atoms with E-state index in [0.29, 0.717) is 0 Å². The van der Waals surface area contributed by atoms with Gasteiger partial charge in [0.1, 0.15) is 12.3 Å². The topological polar surface area (TPSA) is 89.4 Å². The van der Waals surface area contributed by atoms with E-state index in [1.165, 1.54) is 12.7 Å². The van der Waals surface area contributed by atoms with Crippen molar-refractivity contribution in [3.8, 4) is 0 Å². The van der Waals surface area contributed by atoms with Gasteiger partial charge in [-0.25, -0.2) is 4.98 Å². The van der Waals surface area contributed by atoms with Crippen LogP contribution in [-0.2, 0) is 4.79 Å². The molecule has 1 aromatic heterocycles. The van der Waals surface area contributed by atoms with Crippen LogP contribution in [0.3, 0.4) is 0 Å². The number of oxazole rings is 1. The Balaban J connectivity index is 0.000000243. The molecule has 5 heteroatoms. The number of carbonyl (C=O) groups is 1. The van der Waals surface area contributed by atoms with E-state index in [-0.39, 0.29) is 5.92 Å². The molecule has 0 amide bonds. The van der Waals surface area contributed by atoms with E-state index in [2.05, 4.69) is 9.40 Å². The molecule has 1 heterocycles. The maximum Gasteiger partial charge on any atom is 0.320 e. The summed E-state index contributed by atoms with van der Waals surface area (Å²) in [6.07, 6.45) is 4.47. The van der Waals surface area contributed by atoms with Crippen molar-refractivity contribution in [3.05, 3.63) is 18.9 Å². The highest BCUT2D eigenvalue weighted by molar-refractivity contribution is 5.73. The quantitative estimate of drug-likeness (QED) is 0.710. The van der Waals surface area contributed by atoms with E-state index in [1.54, 1.807) is 20.0 Å². The Morgan fingerprint density at radius 3 is 2.31 bits per heavy atom. The van der Waals surface area contributed by atoms with Crippen molar-refractivity contribution < 1.29 is 14.3 Å². The molecule has 3 N–H and O–H groups in total. The Morgan fingerprint density at radius 1 is 1.62 bits per heavy atom. The molecule has 1 rings (SSSR count). The number of rotatable bonds is 2. The normalized spacial score (nSPS) is 11.7. The summed E-state index contributed by atoms with van der Waals surface area (Å²) < 4.78 is 4.47. The maximum absolute atomic E-state index is 10.0. The van der Waals surface area contributed by atoms with Gasteiger partial charge in [-0.2, -0.15) is 0 Å². The molecule has 0 aliphatic heterocycles. The summed E-state index contributed by atoms with van der Waals surface area (Å²) in [5, 5.41) is 8.23. The number of aliphatic carboxylic acids is 1. The summed E-state index contributed by atoms with van der Waals surface area (Å²) in [7, 11) is 0. The predicted molar refractivity (Wildman–Crippen MR) is 47.0 cm³/mol. The number of hydrogen-bond acceptors (Lipinski definition) is 4. The molecule has 5 nitrogen and oxygen atoms in total. The van der Waals surface area contributed by atoms with Crippen molar-refractivity contribution in [1.82, 2.24) is 4.98 Å². The number of aromatic nitrogens is 1. The van der Waals surface area contributed by atoms with E-state index in [0.717, 1.165) is 0 Å². The minimum absolute atomic E-state index is 0.0208. The Hall–Kier alpha value is -1.36. The molecule has 1 aromatic rings. The van der Waals surface area contributed by atoms with E-state index in [1.807, 2.05) is 0 Å². The van der Waals surface area contributed by atoms with Crippen LogP contribution in [0.2, 0.25) is 0 Å². The Kier molecular flexibility index (Phi) is 5.54. The van der Waals surface area contributed by atoms with Gasteiger partial charge in [-0.3, -0.25) is 4.79 Å². The van der Waals surface area contributed by atoms with Crippen LogP contribution in [0, 0.1) is 5.92 Å². The van der Waals surface area contributed by atoms with Gasteiger partial charge in [0.05, 0.1) is 6.20 Å². The Morgan fingerprint density at radius 2 is 2.23 bits per heavy atom. The third kappa shape index (κ3) is 5.86. The summed E-state index contributed by atoms with van der Waals surface area (Å²) in [5.41, 5.74) is 5.16. The zero-order valence-corrected chi connectivity index (χ0v) is 7.68. The van der Waals surface area contributed by atoms with Gasteiger partial charge in [0.2, 0.25) is 0 Å². The molecule has 1 atom stereocenters. The molecule has 0 bridgehead atoms. The lowest BCUT2D eigenvalue weighted by molar-refractivity contribution is -0.139. The highest BCUT2D eigenvalue weighted by Gasteiger charge is 2.14. The maximum atomic E-state index is 10.0. The van der Waals surface area contributed by atoms with Crippen LogP contribution in [0.15, 0.2) is 23.3 Å². The van der Waals surface area contributed by atoms with Crippen LogP contribution in [-0.4, -0.2) is 22.1 Å². The number of carboxylic acids is 1. The molecule has 0 fully saturated rings. The lowest BCUT2D eigenvalue weighted by atomic mass is 10.1. The van der Waals surface area contributed by atoms with Crippen molar-refractivity contribution >= 4 is 5.97 Å². The first-order valence-electron chi connectivity index (χ1n) is 3.86. The van der Waals surface area contributed by atoms with E-state index < -0.39 is 12.0 Å². The first-order chi connectivity index (χ1) is 6.05. The molecule has 1 unspecified atom stereocenters.